The predicted octanol–water partition coefficient (Wildman–Crippen LogP) is 4.38. The van der Waals surface area contributed by atoms with Crippen LogP contribution in [0.3, 0.4) is 0 Å². The summed E-state index contributed by atoms with van der Waals surface area (Å²) in [4.78, 5) is 11.5. The molecule has 0 fully saturated rings. The van der Waals surface area contributed by atoms with E-state index in [1.165, 1.54) is 12.1 Å². The largest absolute Gasteiger partial charge is 0.295 e. The van der Waals surface area contributed by atoms with Crippen molar-refractivity contribution < 1.29 is 9.18 Å². The first-order chi connectivity index (χ1) is 8.13. The number of hydrogen-bond acceptors (Lipinski definition) is 1. The van der Waals surface area contributed by atoms with Gasteiger partial charge in [0.1, 0.15) is 5.82 Å². The molecule has 0 atom stereocenters. The zero-order valence-electron chi connectivity index (χ0n) is 10.5. The summed E-state index contributed by atoms with van der Waals surface area (Å²) in [6.45, 7) is 3.70. The fourth-order valence-corrected chi connectivity index (χ4v) is 1.71. The third-order valence-electron chi connectivity index (χ3n) is 2.69. The van der Waals surface area contributed by atoms with Crippen LogP contribution in [0.2, 0.25) is 0 Å². The molecule has 0 saturated carbocycles. The highest BCUT2D eigenvalue weighted by molar-refractivity contribution is 5.97. The van der Waals surface area contributed by atoms with Gasteiger partial charge in [0.15, 0.2) is 5.78 Å². The average Bonchev–Trinajstić information content (AvgIpc) is 2.28. The Balaban J connectivity index is 2.79. The fraction of sp³-hybridized carbons (Fsp3) is 0.400. The lowest BCUT2D eigenvalue weighted by atomic mass is 10.0. The molecule has 2 heteroatoms. The number of hydrogen-bond donors (Lipinski definition) is 0. The first kappa shape index (κ1) is 13.6. The van der Waals surface area contributed by atoms with Gasteiger partial charge >= 0.3 is 0 Å². The number of rotatable bonds is 6. The Morgan fingerprint density at radius 2 is 2.12 bits per heavy atom. The third-order valence-corrected chi connectivity index (χ3v) is 2.69. The second-order valence-electron chi connectivity index (χ2n) is 4.24. The zero-order chi connectivity index (χ0) is 12.7. The van der Waals surface area contributed by atoms with Crippen LogP contribution in [0.1, 0.15) is 45.1 Å². The highest BCUT2D eigenvalue weighted by Crippen LogP contribution is 2.15. The summed E-state index contributed by atoms with van der Waals surface area (Å²) in [5.41, 5.74) is 1.54. The van der Waals surface area contributed by atoms with Crippen LogP contribution in [0.5, 0.6) is 0 Å². The van der Waals surface area contributed by atoms with Crippen molar-refractivity contribution >= 4 is 11.9 Å². The third kappa shape index (κ3) is 4.94. The summed E-state index contributed by atoms with van der Waals surface area (Å²) in [6.07, 6.45) is 5.83. The fourth-order valence-electron chi connectivity index (χ4n) is 1.71. The Morgan fingerprint density at radius 3 is 2.71 bits per heavy atom. The summed E-state index contributed by atoms with van der Waals surface area (Å²) in [6, 6.07) is 6.32. The highest BCUT2D eigenvalue weighted by Gasteiger charge is 2.04. The molecule has 1 aromatic rings. The molecule has 0 bridgehead atoms. The lowest BCUT2D eigenvalue weighted by Crippen LogP contribution is -1.97. The van der Waals surface area contributed by atoms with Crippen LogP contribution in [0, 0.1) is 5.82 Å². The number of allylic oxidation sites excluding steroid dienone is 1. The standard InChI is InChI=1S/C15H19FO/c1-3-4-5-8-14(12(2)17)10-13-7-6-9-15(16)11-13/h6-7,9-11H,3-5,8H2,1-2H3/b14-10+. The lowest BCUT2D eigenvalue weighted by Gasteiger charge is -2.03. The second-order valence-corrected chi connectivity index (χ2v) is 4.24. The molecule has 0 spiro atoms. The molecule has 0 unspecified atom stereocenters. The first-order valence-electron chi connectivity index (χ1n) is 6.10. The van der Waals surface area contributed by atoms with E-state index < -0.39 is 0 Å². The van der Waals surface area contributed by atoms with Crippen LogP contribution in [0.25, 0.3) is 6.08 Å². The molecule has 0 saturated heterocycles. The molecule has 0 aliphatic rings. The number of halogens is 1. The van der Waals surface area contributed by atoms with Crippen molar-refractivity contribution in [1.29, 1.82) is 0 Å². The maximum absolute atomic E-state index is 13.0. The maximum Gasteiger partial charge on any atom is 0.155 e. The monoisotopic (exact) mass is 234 g/mol. The van der Waals surface area contributed by atoms with Crippen molar-refractivity contribution in [3.8, 4) is 0 Å². The van der Waals surface area contributed by atoms with Gasteiger partial charge in [-0.05, 0) is 49.1 Å². The predicted molar refractivity (Wildman–Crippen MR) is 69.2 cm³/mol. The Morgan fingerprint density at radius 1 is 1.35 bits per heavy atom. The van der Waals surface area contributed by atoms with Crippen LogP contribution in [-0.4, -0.2) is 5.78 Å². The molecule has 0 amide bonds. The molecular formula is C15H19FO. The highest BCUT2D eigenvalue weighted by atomic mass is 19.1. The molecule has 0 heterocycles. The first-order valence-corrected chi connectivity index (χ1v) is 6.10. The molecule has 92 valence electrons. The number of benzene rings is 1. The smallest absolute Gasteiger partial charge is 0.155 e. The summed E-state index contributed by atoms with van der Waals surface area (Å²) in [5.74, 6) is -0.194. The van der Waals surface area contributed by atoms with Crippen LogP contribution in [-0.2, 0) is 4.79 Å². The quantitative estimate of drug-likeness (QED) is 0.527. The average molecular weight is 234 g/mol. The van der Waals surface area contributed by atoms with Crippen molar-refractivity contribution in [1.82, 2.24) is 0 Å². The zero-order valence-corrected chi connectivity index (χ0v) is 10.5. The molecule has 0 aromatic heterocycles. The molecular weight excluding hydrogens is 215 g/mol. The van der Waals surface area contributed by atoms with E-state index in [2.05, 4.69) is 6.92 Å². The van der Waals surface area contributed by atoms with Gasteiger partial charge in [-0.25, -0.2) is 4.39 Å². The molecule has 0 radical (unpaired) electrons. The van der Waals surface area contributed by atoms with E-state index >= 15 is 0 Å². The van der Waals surface area contributed by atoms with Crippen molar-refractivity contribution in [3.05, 3.63) is 41.2 Å². The molecule has 17 heavy (non-hydrogen) atoms. The van der Waals surface area contributed by atoms with Crippen molar-refractivity contribution in [2.75, 3.05) is 0 Å². The molecule has 1 rings (SSSR count). The Labute approximate surface area is 102 Å². The van der Waals surface area contributed by atoms with E-state index in [1.54, 1.807) is 19.1 Å². The van der Waals surface area contributed by atoms with Crippen LogP contribution < -0.4 is 0 Å². The molecule has 1 nitrogen and oxygen atoms in total. The van der Waals surface area contributed by atoms with Gasteiger partial charge in [-0.2, -0.15) is 0 Å². The Bertz CT molecular complexity index is 407. The summed E-state index contributed by atoms with van der Waals surface area (Å²) in [5, 5.41) is 0. The van der Waals surface area contributed by atoms with Crippen molar-refractivity contribution in [2.45, 2.75) is 39.5 Å². The van der Waals surface area contributed by atoms with Gasteiger partial charge in [0.05, 0.1) is 0 Å². The molecule has 0 N–H and O–H groups in total. The minimum Gasteiger partial charge on any atom is -0.295 e. The van der Waals surface area contributed by atoms with Crippen LogP contribution in [0.15, 0.2) is 29.8 Å². The lowest BCUT2D eigenvalue weighted by molar-refractivity contribution is -0.113. The van der Waals surface area contributed by atoms with E-state index in [9.17, 15) is 9.18 Å². The topological polar surface area (TPSA) is 17.1 Å². The van der Waals surface area contributed by atoms with Gasteiger partial charge in [0.25, 0.3) is 0 Å². The molecule has 1 aromatic carbocycles. The second kappa shape index (κ2) is 7.00. The van der Waals surface area contributed by atoms with Gasteiger partial charge in [-0.3, -0.25) is 4.79 Å². The number of carbonyl (C=O) groups excluding carboxylic acids is 1. The summed E-state index contributed by atoms with van der Waals surface area (Å²) >= 11 is 0. The van der Waals surface area contributed by atoms with E-state index in [0.29, 0.717) is 0 Å². The molecule has 0 aliphatic heterocycles. The normalized spacial score (nSPS) is 11.6. The SMILES string of the molecule is CCCCC/C(=C\c1cccc(F)c1)C(C)=O. The van der Waals surface area contributed by atoms with E-state index in [1.807, 2.05) is 6.07 Å². The van der Waals surface area contributed by atoms with Crippen molar-refractivity contribution in [2.24, 2.45) is 0 Å². The Hall–Kier alpha value is -1.44. The number of carbonyl (C=O) groups is 1. The molecule has 0 aliphatic carbocycles. The van der Waals surface area contributed by atoms with Crippen LogP contribution in [0.4, 0.5) is 4.39 Å². The van der Waals surface area contributed by atoms with Gasteiger partial charge in [-0.1, -0.05) is 31.9 Å². The van der Waals surface area contributed by atoms with Crippen LogP contribution >= 0.6 is 0 Å². The van der Waals surface area contributed by atoms with Gasteiger partial charge in [0, 0.05) is 0 Å². The van der Waals surface area contributed by atoms with Gasteiger partial charge in [0.2, 0.25) is 0 Å². The minimum atomic E-state index is -0.268. The Kier molecular flexibility index (Phi) is 5.61. The van der Waals surface area contributed by atoms with E-state index in [0.717, 1.165) is 36.8 Å². The van der Waals surface area contributed by atoms with E-state index in [-0.39, 0.29) is 11.6 Å². The van der Waals surface area contributed by atoms with Crippen molar-refractivity contribution in [3.63, 3.8) is 0 Å². The number of Topliss-reactive ketones (excluding diaryl/α,β-unsaturated/α-hetero) is 1. The summed E-state index contributed by atoms with van der Waals surface area (Å²) in [7, 11) is 0. The van der Waals surface area contributed by atoms with Gasteiger partial charge < -0.3 is 0 Å². The minimum absolute atomic E-state index is 0.0744. The van der Waals surface area contributed by atoms with Gasteiger partial charge in [-0.15, -0.1) is 0 Å². The number of unbranched alkanes of at least 4 members (excludes halogenated alkanes) is 2. The summed E-state index contributed by atoms with van der Waals surface area (Å²) < 4.78 is 13.0. The maximum atomic E-state index is 13.0. The number of ketones is 1. The van der Waals surface area contributed by atoms with E-state index in [4.69, 9.17) is 0 Å².